The van der Waals surface area contributed by atoms with Crippen LogP contribution in [0.15, 0.2) is 18.2 Å². The second-order valence-corrected chi connectivity index (χ2v) is 7.29. The van der Waals surface area contributed by atoms with Gasteiger partial charge in [0.25, 0.3) is 5.91 Å². The van der Waals surface area contributed by atoms with Crippen LogP contribution in [-0.2, 0) is 4.79 Å². The van der Waals surface area contributed by atoms with Gasteiger partial charge in [0.05, 0.1) is 0 Å². The molecule has 0 aliphatic carbocycles. The van der Waals surface area contributed by atoms with Gasteiger partial charge in [-0.05, 0) is 44.5 Å². The summed E-state index contributed by atoms with van der Waals surface area (Å²) in [4.78, 5) is 29.0. The summed E-state index contributed by atoms with van der Waals surface area (Å²) in [6.45, 7) is 4.73. The Hall–Kier alpha value is -1.59. The molecule has 2 aliphatic heterocycles. The molecule has 2 saturated heterocycles. The maximum absolute atomic E-state index is 13.0. The number of amides is 2. The highest BCUT2D eigenvalue weighted by atomic mass is 35.5. The van der Waals surface area contributed by atoms with Gasteiger partial charge in [-0.15, -0.1) is 0 Å². The number of benzene rings is 1. The second kappa shape index (κ2) is 6.73. The first kappa shape index (κ1) is 17.2. The Morgan fingerprint density at radius 2 is 2.08 bits per heavy atom. The van der Waals surface area contributed by atoms with Crippen LogP contribution in [0.1, 0.15) is 35.2 Å². The first-order valence-corrected chi connectivity index (χ1v) is 8.83. The predicted octanol–water partition coefficient (Wildman–Crippen LogP) is 2.07. The van der Waals surface area contributed by atoms with Gasteiger partial charge >= 0.3 is 0 Å². The number of nitrogens with zero attached hydrogens (tertiary/aromatic N) is 2. The average molecular weight is 350 g/mol. The molecule has 2 aliphatic rings. The molecule has 1 atom stereocenters. The maximum atomic E-state index is 13.0. The molecule has 3 rings (SSSR count). The Bertz CT molecular complexity index is 664. The van der Waals surface area contributed by atoms with Crippen LogP contribution < -0.4 is 5.32 Å². The standard InChI is InChI=1S/C18H24ClN3O2/c1-13-14(4-3-5-15(13)19)17(24)22-11-10-21(2)18(12-22)7-6-16(23)20-9-8-18/h3-5H,6-12H2,1-2H3,(H,20,23)/t18-/m1/s1. The zero-order valence-electron chi connectivity index (χ0n) is 14.3. The van der Waals surface area contributed by atoms with Crippen LogP contribution in [0.4, 0.5) is 0 Å². The van der Waals surface area contributed by atoms with Gasteiger partial charge in [0.15, 0.2) is 0 Å². The van der Waals surface area contributed by atoms with Crippen LogP contribution in [0.2, 0.25) is 5.02 Å². The number of hydrogen-bond acceptors (Lipinski definition) is 3. The Labute approximate surface area is 147 Å². The molecule has 2 amide bonds. The summed E-state index contributed by atoms with van der Waals surface area (Å²) in [6.07, 6.45) is 2.17. The summed E-state index contributed by atoms with van der Waals surface area (Å²) < 4.78 is 0. The monoisotopic (exact) mass is 349 g/mol. The van der Waals surface area contributed by atoms with E-state index in [0.717, 1.165) is 24.9 Å². The molecule has 0 saturated carbocycles. The quantitative estimate of drug-likeness (QED) is 0.844. The molecule has 1 spiro atoms. The van der Waals surface area contributed by atoms with Gasteiger partial charge in [-0.1, -0.05) is 17.7 Å². The number of piperazine rings is 1. The van der Waals surface area contributed by atoms with Crippen molar-refractivity contribution in [2.24, 2.45) is 0 Å². The van der Waals surface area contributed by atoms with Crippen LogP contribution in [0.25, 0.3) is 0 Å². The van der Waals surface area contributed by atoms with Crippen molar-refractivity contribution in [2.45, 2.75) is 31.7 Å². The minimum Gasteiger partial charge on any atom is -0.356 e. The minimum atomic E-state index is -0.125. The van der Waals surface area contributed by atoms with Gasteiger partial charge in [0.1, 0.15) is 0 Å². The van der Waals surface area contributed by atoms with E-state index in [1.54, 1.807) is 0 Å². The van der Waals surface area contributed by atoms with E-state index in [4.69, 9.17) is 11.6 Å². The van der Waals surface area contributed by atoms with Crippen molar-refractivity contribution in [3.63, 3.8) is 0 Å². The van der Waals surface area contributed by atoms with E-state index < -0.39 is 0 Å². The predicted molar refractivity (Wildman–Crippen MR) is 94.3 cm³/mol. The number of hydrogen-bond donors (Lipinski definition) is 1. The van der Waals surface area contributed by atoms with Crippen molar-refractivity contribution in [2.75, 3.05) is 33.2 Å². The number of nitrogens with one attached hydrogen (secondary N) is 1. The van der Waals surface area contributed by atoms with Crippen molar-refractivity contribution >= 4 is 23.4 Å². The molecule has 0 unspecified atom stereocenters. The summed E-state index contributed by atoms with van der Waals surface area (Å²) in [5.74, 6) is 0.139. The van der Waals surface area contributed by atoms with Gasteiger partial charge < -0.3 is 10.2 Å². The molecule has 2 heterocycles. The summed E-state index contributed by atoms with van der Waals surface area (Å²) in [5, 5.41) is 3.56. The van der Waals surface area contributed by atoms with Crippen molar-refractivity contribution < 1.29 is 9.59 Å². The molecule has 0 aromatic heterocycles. The third-order valence-corrected chi connectivity index (χ3v) is 5.92. The Morgan fingerprint density at radius 1 is 1.29 bits per heavy atom. The van der Waals surface area contributed by atoms with Crippen LogP contribution >= 0.6 is 11.6 Å². The fraction of sp³-hybridized carbons (Fsp3) is 0.556. The number of rotatable bonds is 1. The minimum absolute atomic E-state index is 0.0333. The van der Waals surface area contributed by atoms with Crippen LogP contribution in [0.5, 0.6) is 0 Å². The highest BCUT2D eigenvalue weighted by Crippen LogP contribution is 2.31. The first-order chi connectivity index (χ1) is 11.4. The first-order valence-electron chi connectivity index (χ1n) is 8.45. The molecule has 130 valence electrons. The van der Waals surface area contributed by atoms with Crippen molar-refractivity contribution in [1.82, 2.24) is 15.1 Å². The third-order valence-electron chi connectivity index (χ3n) is 5.52. The number of likely N-dealkylation sites (N-methyl/N-ethyl adjacent to an activating group) is 1. The average Bonchev–Trinajstić information content (AvgIpc) is 2.75. The molecular weight excluding hydrogens is 326 g/mol. The lowest BCUT2D eigenvalue weighted by atomic mass is 9.86. The number of carbonyl (C=O) groups excluding carboxylic acids is 2. The normalized spacial score (nSPS) is 25.5. The molecule has 6 heteroatoms. The van der Waals surface area contributed by atoms with Gasteiger partial charge in [-0.3, -0.25) is 14.5 Å². The summed E-state index contributed by atoms with van der Waals surface area (Å²) in [6, 6.07) is 5.47. The largest absolute Gasteiger partial charge is 0.356 e. The summed E-state index contributed by atoms with van der Waals surface area (Å²) in [5.41, 5.74) is 1.37. The topological polar surface area (TPSA) is 52.7 Å². The van der Waals surface area contributed by atoms with Crippen LogP contribution in [0, 0.1) is 6.92 Å². The third kappa shape index (κ3) is 3.15. The molecule has 1 N–H and O–H groups in total. The van der Waals surface area contributed by atoms with Crippen molar-refractivity contribution in [1.29, 1.82) is 0 Å². The van der Waals surface area contributed by atoms with E-state index in [1.165, 1.54) is 0 Å². The molecule has 2 fully saturated rings. The smallest absolute Gasteiger partial charge is 0.254 e. The molecule has 1 aromatic rings. The highest BCUT2D eigenvalue weighted by Gasteiger charge is 2.42. The van der Waals surface area contributed by atoms with Gasteiger partial charge in [-0.25, -0.2) is 0 Å². The molecule has 0 radical (unpaired) electrons. The molecule has 24 heavy (non-hydrogen) atoms. The molecular formula is C18H24ClN3O2. The number of halogens is 1. The molecule has 0 bridgehead atoms. The fourth-order valence-corrected chi connectivity index (χ4v) is 3.95. The lowest BCUT2D eigenvalue weighted by Crippen LogP contribution is -2.62. The lowest BCUT2D eigenvalue weighted by molar-refractivity contribution is -0.121. The van der Waals surface area contributed by atoms with E-state index in [0.29, 0.717) is 36.6 Å². The summed E-state index contributed by atoms with van der Waals surface area (Å²) in [7, 11) is 2.10. The fourth-order valence-electron chi connectivity index (χ4n) is 3.78. The van der Waals surface area contributed by atoms with Gasteiger partial charge in [0, 0.05) is 48.7 Å². The van der Waals surface area contributed by atoms with E-state index in [2.05, 4.69) is 17.3 Å². The SMILES string of the molecule is Cc1c(Cl)cccc1C(=O)N1CCN(C)[C@]2(CCNC(=O)CC2)C1. The lowest BCUT2D eigenvalue weighted by Gasteiger charge is -2.49. The molecule has 5 nitrogen and oxygen atoms in total. The van der Waals surface area contributed by atoms with E-state index >= 15 is 0 Å². The second-order valence-electron chi connectivity index (χ2n) is 6.88. The van der Waals surface area contributed by atoms with Crippen molar-refractivity contribution in [3.8, 4) is 0 Å². The van der Waals surface area contributed by atoms with E-state index in [1.807, 2.05) is 30.0 Å². The van der Waals surface area contributed by atoms with Crippen LogP contribution in [0.3, 0.4) is 0 Å². The highest BCUT2D eigenvalue weighted by molar-refractivity contribution is 6.31. The molecule has 1 aromatic carbocycles. The van der Waals surface area contributed by atoms with Crippen molar-refractivity contribution in [3.05, 3.63) is 34.3 Å². The van der Waals surface area contributed by atoms with Crippen LogP contribution in [-0.4, -0.2) is 60.4 Å². The Morgan fingerprint density at radius 3 is 2.88 bits per heavy atom. The van der Waals surface area contributed by atoms with Gasteiger partial charge in [-0.2, -0.15) is 0 Å². The zero-order chi connectivity index (χ0) is 17.3. The van der Waals surface area contributed by atoms with Gasteiger partial charge in [0.2, 0.25) is 5.91 Å². The Kier molecular flexibility index (Phi) is 4.83. The summed E-state index contributed by atoms with van der Waals surface area (Å²) >= 11 is 6.18. The van der Waals surface area contributed by atoms with E-state index in [9.17, 15) is 9.59 Å². The number of carbonyl (C=O) groups is 2. The Balaban J connectivity index is 1.83. The van der Waals surface area contributed by atoms with E-state index in [-0.39, 0.29) is 17.4 Å². The zero-order valence-corrected chi connectivity index (χ0v) is 15.0. The maximum Gasteiger partial charge on any atom is 0.254 e.